The second kappa shape index (κ2) is 12.9. The zero-order valence-electron chi connectivity index (χ0n) is 20.7. The van der Waals surface area contributed by atoms with Crippen LogP contribution in [0.5, 0.6) is 5.75 Å². The van der Waals surface area contributed by atoms with Gasteiger partial charge in [0.25, 0.3) is 5.91 Å². The summed E-state index contributed by atoms with van der Waals surface area (Å²) in [6.45, 7) is 1.12. The molecule has 0 saturated carbocycles. The first-order chi connectivity index (χ1) is 18.3. The first-order valence-electron chi connectivity index (χ1n) is 12.3. The molecule has 0 spiro atoms. The SMILES string of the molecule is O=C(NS(=O)(=O)C[C@@H]1CCCN(C(=O)OCc2ccccc2)C1)c1ccccc1OCc1ccc(Br)cc1. The summed E-state index contributed by atoms with van der Waals surface area (Å²) in [5, 5.41) is 0. The van der Waals surface area contributed by atoms with Gasteiger partial charge in [0.2, 0.25) is 10.0 Å². The topological polar surface area (TPSA) is 102 Å². The number of amides is 2. The van der Waals surface area contributed by atoms with Crippen LogP contribution in [0.25, 0.3) is 0 Å². The predicted octanol–water partition coefficient (Wildman–Crippen LogP) is 5.14. The van der Waals surface area contributed by atoms with Crippen LogP contribution < -0.4 is 9.46 Å². The van der Waals surface area contributed by atoms with Crippen LogP contribution >= 0.6 is 15.9 Å². The van der Waals surface area contributed by atoms with Crippen LogP contribution in [-0.2, 0) is 28.0 Å². The minimum absolute atomic E-state index is 0.128. The number of carbonyl (C=O) groups is 2. The lowest BCUT2D eigenvalue weighted by atomic mass is 10.0. The van der Waals surface area contributed by atoms with Gasteiger partial charge >= 0.3 is 6.09 Å². The molecule has 0 bridgehead atoms. The minimum atomic E-state index is -3.96. The summed E-state index contributed by atoms with van der Waals surface area (Å²) in [5.74, 6) is -1.06. The molecule has 0 aromatic heterocycles. The standard InChI is InChI=1S/C28H29BrN2O6S/c29-24-14-12-22(13-15-24)18-36-26-11-5-4-10-25(26)27(32)30-38(34,35)20-23-9-6-16-31(17-23)28(33)37-19-21-7-2-1-3-8-21/h1-5,7-8,10-15,23H,6,9,16-20H2,(H,30,32)/t23-/m1/s1. The maximum Gasteiger partial charge on any atom is 0.410 e. The minimum Gasteiger partial charge on any atom is -0.488 e. The van der Waals surface area contributed by atoms with Gasteiger partial charge in [-0.15, -0.1) is 0 Å². The van der Waals surface area contributed by atoms with Crippen molar-refractivity contribution < 1.29 is 27.5 Å². The van der Waals surface area contributed by atoms with Crippen molar-refractivity contribution in [3.8, 4) is 5.75 Å². The number of piperidine rings is 1. The average Bonchev–Trinajstić information content (AvgIpc) is 2.91. The molecule has 3 aromatic rings. The number of para-hydroxylation sites is 1. The van der Waals surface area contributed by atoms with Crippen molar-refractivity contribution in [2.75, 3.05) is 18.8 Å². The summed E-state index contributed by atoms with van der Waals surface area (Å²) in [5.41, 5.74) is 1.91. The summed E-state index contributed by atoms with van der Waals surface area (Å²) >= 11 is 3.39. The summed E-state index contributed by atoms with van der Waals surface area (Å²) in [6.07, 6.45) is 0.808. The smallest absolute Gasteiger partial charge is 0.410 e. The van der Waals surface area contributed by atoms with Crippen molar-refractivity contribution in [2.45, 2.75) is 26.1 Å². The molecule has 200 valence electrons. The van der Waals surface area contributed by atoms with E-state index in [4.69, 9.17) is 9.47 Å². The van der Waals surface area contributed by atoms with E-state index in [1.807, 2.05) is 54.6 Å². The van der Waals surface area contributed by atoms with Crippen molar-refractivity contribution in [1.82, 2.24) is 9.62 Å². The molecule has 0 aliphatic carbocycles. The van der Waals surface area contributed by atoms with Gasteiger partial charge in [0.1, 0.15) is 19.0 Å². The van der Waals surface area contributed by atoms with Crippen molar-refractivity contribution in [3.63, 3.8) is 0 Å². The predicted molar refractivity (Wildman–Crippen MR) is 147 cm³/mol. The van der Waals surface area contributed by atoms with Crippen LogP contribution in [0.1, 0.15) is 34.3 Å². The number of halogens is 1. The molecular formula is C28H29BrN2O6S. The third-order valence-corrected chi connectivity index (χ3v) is 8.06. The van der Waals surface area contributed by atoms with Gasteiger partial charge in [-0.1, -0.05) is 70.5 Å². The number of carbonyl (C=O) groups excluding carboxylic acids is 2. The van der Waals surface area contributed by atoms with Crippen LogP contribution in [0.3, 0.4) is 0 Å². The highest BCUT2D eigenvalue weighted by molar-refractivity contribution is 9.10. The molecule has 38 heavy (non-hydrogen) atoms. The maximum absolute atomic E-state index is 12.9. The molecule has 1 N–H and O–H groups in total. The molecule has 2 amide bonds. The average molecular weight is 602 g/mol. The summed E-state index contributed by atoms with van der Waals surface area (Å²) in [6, 6.07) is 23.4. The van der Waals surface area contributed by atoms with Gasteiger partial charge in [0.15, 0.2) is 0 Å². The number of nitrogens with zero attached hydrogens (tertiary/aromatic N) is 1. The number of likely N-dealkylation sites (tertiary alicyclic amines) is 1. The Morgan fingerprint density at radius 3 is 2.37 bits per heavy atom. The van der Waals surface area contributed by atoms with Crippen molar-refractivity contribution in [3.05, 3.63) is 100 Å². The van der Waals surface area contributed by atoms with Gasteiger partial charge in [-0.25, -0.2) is 17.9 Å². The Morgan fingerprint density at radius 2 is 1.61 bits per heavy atom. The lowest BCUT2D eigenvalue weighted by Crippen LogP contribution is -2.44. The first-order valence-corrected chi connectivity index (χ1v) is 14.7. The third-order valence-electron chi connectivity index (χ3n) is 6.12. The summed E-state index contributed by atoms with van der Waals surface area (Å²) in [4.78, 5) is 27.0. The lowest BCUT2D eigenvalue weighted by molar-refractivity contribution is 0.0811. The number of hydrogen-bond donors (Lipinski definition) is 1. The Bertz CT molecular complexity index is 1350. The van der Waals surface area contributed by atoms with Crippen LogP contribution in [0.2, 0.25) is 0 Å². The van der Waals surface area contributed by atoms with Gasteiger partial charge in [0, 0.05) is 17.6 Å². The maximum atomic E-state index is 12.9. The second-order valence-electron chi connectivity index (χ2n) is 9.12. The number of ether oxygens (including phenoxy) is 2. The van der Waals surface area contributed by atoms with E-state index in [0.717, 1.165) is 15.6 Å². The summed E-state index contributed by atoms with van der Waals surface area (Å²) < 4.78 is 40.1. The van der Waals surface area contributed by atoms with Crippen molar-refractivity contribution in [2.24, 2.45) is 5.92 Å². The number of sulfonamides is 1. The fourth-order valence-electron chi connectivity index (χ4n) is 4.25. The van der Waals surface area contributed by atoms with Gasteiger partial charge in [-0.05, 0) is 54.2 Å². The van der Waals surface area contributed by atoms with E-state index in [-0.39, 0.29) is 42.7 Å². The Hall–Kier alpha value is -3.37. The van der Waals surface area contributed by atoms with E-state index in [2.05, 4.69) is 20.7 Å². The van der Waals surface area contributed by atoms with E-state index in [1.165, 1.54) is 11.0 Å². The Kier molecular flexibility index (Phi) is 9.41. The van der Waals surface area contributed by atoms with Crippen LogP contribution in [0, 0.1) is 5.92 Å². The second-order valence-corrected chi connectivity index (χ2v) is 11.8. The quantitative estimate of drug-likeness (QED) is 0.365. The van der Waals surface area contributed by atoms with Crippen LogP contribution in [0.4, 0.5) is 4.79 Å². The van der Waals surface area contributed by atoms with Gasteiger partial charge in [0.05, 0.1) is 11.3 Å². The van der Waals surface area contributed by atoms with E-state index >= 15 is 0 Å². The Morgan fingerprint density at radius 1 is 0.921 bits per heavy atom. The molecule has 1 fully saturated rings. The number of benzene rings is 3. The van der Waals surface area contributed by atoms with E-state index < -0.39 is 22.0 Å². The molecule has 0 radical (unpaired) electrons. The molecule has 10 heteroatoms. The molecule has 4 rings (SSSR count). The number of rotatable bonds is 9. The largest absolute Gasteiger partial charge is 0.488 e. The van der Waals surface area contributed by atoms with E-state index in [9.17, 15) is 18.0 Å². The molecule has 3 aromatic carbocycles. The fourth-order valence-corrected chi connectivity index (χ4v) is 5.88. The number of hydrogen-bond acceptors (Lipinski definition) is 6. The zero-order chi connectivity index (χ0) is 27.0. The van der Waals surface area contributed by atoms with Crippen LogP contribution in [0.15, 0.2) is 83.3 Å². The summed E-state index contributed by atoms with van der Waals surface area (Å²) in [7, 11) is -3.96. The highest BCUT2D eigenvalue weighted by atomic mass is 79.9. The Balaban J connectivity index is 1.32. The molecule has 1 saturated heterocycles. The van der Waals surface area contributed by atoms with E-state index in [0.29, 0.717) is 19.4 Å². The molecular weight excluding hydrogens is 572 g/mol. The van der Waals surface area contributed by atoms with Gasteiger partial charge in [-0.2, -0.15) is 0 Å². The first kappa shape index (κ1) is 27.7. The van der Waals surface area contributed by atoms with Crippen LogP contribution in [-0.4, -0.2) is 44.2 Å². The van der Waals surface area contributed by atoms with Crippen molar-refractivity contribution >= 4 is 38.0 Å². The van der Waals surface area contributed by atoms with Crippen molar-refractivity contribution in [1.29, 1.82) is 0 Å². The molecule has 0 unspecified atom stereocenters. The highest BCUT2D eigenvalue weighted by Crippen LogP contribution is 2.22. The molecule has 1 atom stereocenters. The molecule has 1 aliphatic rings. The molecule has 1 aliphatic heterocycles. The monoisotopic (exact) mass is 600 g/mol. The molecule has 1 heterocycles. The Labute approximate surface area is 231 Å². The van der Waals surface area contributed by atoms with Gasteiger partial charge in [-0.3, -0.25) is 4.79 Å². The molecule has 8 nitrogen and oxygen atoms in total. The fraction of sp³-hybridized carbons (Fsp3) is 0.286. The van der Waals surface area contributed by atoms with Gasteiger partial charge < -0.3 is 14.4 Å². The highest BCUT2D eigenvalue weighted by Gasteiger charge is 2.29. The lowest BCUT2D eigenvalue weighted by Gasteiger charge is -2.31. The number of nitrogens with one attached hydrogen (secondary N) is 1. The normalized spacial score (nSPS) is 15.5. The van der Waals surface area contributed by atoms with E-state index in [1.54, 1.807) is 18.2 Å². The third kappa shape index (κ3) is 8.06. The zero-order valence-corrected chi connectivity index (χ0v) is 23.1.